The zero-order chi connectivity index (χ0) is 19.5. The van der Waals surface area contributed by atoms with Crippen molar-refractivity contribution in [3.05, 3.63) is 53.3 Å². The average Bonchev–Trinajstić information content (AvgIpc) is 2.54. The maximum atomic E-state index is 13.5. The number of nitrogens with zero attached hydrogens (tertiary/aromatic N) is 1. The van der Waals surface area contributed by atoms with Crippen molar-refractivity contribution in [1.82, 2.24) is 0 Å². The number of halogens is 2. The molecule has 0 spiro atoms. The smallest absolute Gasteiger partial charge is 0.247 e. The molecule has 140 valence electrons. The second-order valence-corrected chi connectivity index (χ2v) is 7.82. The van der Waals surface area contributed by atoms with Crippen LogP contribution in [-0.2, 0) is 14.8 Å². The lowest BCUT2D eigenvalue weighted by atomic mass is 10.2. The maximum Gasteiger partial charge on any atom is 0.247 e. The van der Waals surface area contributed by atoms with E-state index >= 15 is 0 Å². The third-order valence-corrected chi connectivity index (χ3v) is 5.11. The summed E-state index contributed by atoms with van der Waals surface area (Å²) in [6.07, 6.45) is 0.950. The van der Waals surface area contributed by atoms with Crippen molar-refractivity contribution in [1.29, 1.82) is 0 Å². The molecule has 0 bridgehead atoms. The Bertz CT molecular complexity index is 921. The lowest BCUT2D eigenvalue weighted by molar-refractivity contribution is -0.116. The van der Waals surface area contributed by atoms with Gasteiger partial charge in [0.2, 0.25) is 15.9 Å². The Kier molecular flexibility index (Phi) is 6.09. The van der Waals surface area contributed by atoms with E-state index in [0.29, 0.717) is 16.5 Å². The van der Waals surface area contributed by atoms with Gasteiger partial charge in [0.1, 0.15) is 17.6 Å². The summed E-state index contributed by atoms with van der Waals surface area (Å²) in [7, 11) is -2.37. The van der Waals surface area contributed by atoms with Crippen LogP contribution in [-0.4, -0.2) is 33.7 Å². The average molecular weight is 401 g/mol. The van der Waals surface area contributed by atoms with E-state index in [2.05, 4.69) is 5.32 Å². The fourth-order valence-electron chi connectivity index (χ4n) is 2.41. The van der Waals surface area contributed by atoms with Gasteiger partial charge in [0.05, 0.1) is 24.1 Å². The number of amides is 1. The minimum absolute atomic E-state index is 0.0583. The first kappa shape index (κ1) is 20.0. The normalized spacial score (nSPS) is 12.3. The number of carbonyl (C=O) groups is 1. The predicted molar refractivity (Wildman–Crippen MR) is 99.8 cm³/mol. The van der Waals surface area contributed by atoms with Gasteiger partial charge in [0.25, 0.3) is 0 Å². The second-order valence-electron chi connectivity index (χ2n) is 5.55. The molecular weight excluding hydrogens is 383 g/mol. The molecule has 0 aliphatic carbocycles. The number of benzene rings is 2. The molecule has 0 unspecified atom stereocenters. The molecule has 2 rings (SSSR count). The number of rotatable bonds is 6. The van der Waals surface area contributed by atoms with Crippen molar-refractivity contribution in [2.24, 2.45) is 0 Å². The number of hydrogen-bond acceptors (Lipinski definition) is 4. The number of carbonyl (C=O) groups excluding carboxylic acids is 1. The highest BCUT2D eigenvalue weighted by Crippen LogP contribution is 2.28. The molecule has 0 aromatic heterocycles. The van der Waals surface area contributed by atoms with Gasteiger partial charge in [-0.2, -0.15) is 0 Å². The SMILES string of the molecule is COc1ccc(NC(=O)[C@@H](C)N(c2cccc(F)c2)S(C)(=O)=O)cc1Cl. The highest BCUT2D eigenvalue weighted by Gasteiger charge is 2.29. The molecule has 0 saturated carbocycles. The zero-order valence-electron chi connectivity index (χ0n) is 14.4. The predicted octanol–water partition coefficient (Wildman–Crippen LogP) is 3.28. The van der Waals surface area contributed by atoms with Gasteiger partial charge in [0.15, 0.2) is 0 Å². The zero-order valence-corrected chi connectivity index (χ0v) is 15.9. The first-order valence-electron chi connectivity index (χ1n) is 7.53. The number of anilines is 2. The van der Waals surface area contributed by atoms with Gasteiger partial charge in [-0.25, -0.2) is 12.8 Å². The topological polar surface area (TPSA) is 75.7 Å². The highest BCUT2D eigenvalue weighted by molar-refractivity contribution is 7.92. The van der Waals surface area contributed by atoms with E-state index in [1.807, 2.05) is 0 Å². The summed E-state index contributed by atoms with van der Waals surface area (Å²) in [5, 5.41) is 2.89. The van der Waals surface area contributed by atoms with E-state index < -0.39 is 27.8 Å². The maximum absolute atomic E-state index is 13.5. The molecular formula is C17H18ClFN2O4S. The van der Waals surface area contributed by atoms with Crippen LogP contribution in [0.1, 0.15) is 6.92 Å². The fraction of sp³-hybridized carbons (Fsp3) is 0.235. The van der Waals surface area contributed by atoms with Gasteiger partial charge in [-0.15, -0.1) is 0 Å². The molecule has 0 fully saturated rings. The van der Waals surface area contributed by atoms with Gasteiger partial charge < -0.3 is 10.1 Å². The third kappa shape index (κ3) is 4.64. The Hall–Kier alpha value is -2.32. The molecule has 0 aliphatic rings. The molecule has 2 aromatic carbocycles. The van der Waals surface area contributed by atoms with Crippen LogP contribution in [0.2, 0.25) is 5.02 Å². The summed E-state index contributed by atoms with van der Waals surface area (Å²) in [5.74, 6) is -0.762. The standard InChI is InChI=1S/C17H18ClFN2O4S/c1-11(17(22)20-13-7-8-16(25-2)15(18)10-13)21(26(3,23)24)14-6-4-5-12(19)9-14/h4-11H,1-3H3,(H,20,22)/t11-/m1/s1. The van der Waals surface area contributed by atoms with E-state index in [9.17, 15) is 17.6 Å². The van der Waals surface area contributed by atoms with Crippen LogP contribution in [0.5, 0.6) is 5.75 Å². The monoisotopic (exact) mass is 400 g/mol. The molecule has 0 radical (unpaired) electrons. The number of nitrogens with one attached hydrogen (secondary N) is 1. The van der Waals surface area contributed by atoms with Crippen LogP contribution in [0.3, 0.4) is 0 Å². The second kappa shape index (κ2) is 7.92. The van der Waals surface area contributed by atoms with Crippen LogP contribution in [0.25, 0.3) is 0 Å². The molecule has 0 saturated heterocycles. The Morgan fingerprint density at radius 1 is 1.27 bits per heavy atom. The van der Waals surface area contributed by atoms with E-state index in [1.54, 1.807) is 12.1 Å². The van der Waals surface area contributed by atoms with Crippen molar-refractivity contribution in [3.63, 3.8) is 0 Å². The molecule has 9 heteroatoms. The lowest BCUT2D eigenvalue weighted by Gasteiger charge is -2.28. The summed E-state index contributed by atoms with van der Waals surface area (Å²) in [5.41, 5.74) is 0.434. The lowest BCUT2D eigenvalue weighted by Crippen LogP contribution is -2.45. The Morgan fingerprint density at radius 2 is 1.96 bits per heavy atom. The summed E-state index contributed by atoms with van der Waals surface area (Å²) in [4.78, 5) is 12.5. The molecule has 26 heavy (non-hydrogen) atoms. The van der Waals surface area contributed by atoms with E-state index in [-0.39, 0.29) is 5.69 Å². The number of methoxy groups -OCH3 is 1. The summed E-state index contributed by atoms with van der Waals surface area (Å²) in [6, 6.07) is 8.54. The van der Waals surface area contributed by atoms with Gasteiger partial charge in [-0.3, -0.25) is 9.10 Å². The van der Waals surface area contributed by atoms with Gasteiger partial charge in [-0.1, -0.05) is 17.7 Å². The largest absolute Gasteiger partial charge is 0.495 e. The fourth-order valence-corrected chi connectivity index (χ4v) is 3.84. The first-order valence-corrected chi connectivity index (χ1v) is 9.75. The third-order valence-electron chi connectivity index (χ3n) is 3.57. The Labute approximate surface area is 156 Å². The molecule has 2 aromatic rings. The van der Waals surface area contributed by atoms with Crippen LogP contribution >= 0.6 is 11.6 Å². The minimum Gasteiger partial charge on any atom is -0.495 e. The quantitative estimate of drug-likeness (QED) is 0.807. The molecule has 1 atom stereocenters. The minimum atomic E-state index is -3.83. The van der Waals surface area contributed by atoms with Crippen molar-refractivity contribution in [2.75, 3.05) is 23.0 Å². The van der Waals surface area contributed by atoms with Crippen LogP contribution in [0, 0.1) is 5.82 Å². The highest BCUT2D eigenvalue weighted by atomic mass is 35.5. The first-order chi connectivity index (χ1) is 12.1. The van der Waals surface area contributed by atoms with Gasteiger partial charge >= 0.3 is 0 Å². The van der Waals surface area contributed by atoms with Crippen LogP contribution in [0.15, 0.2) is 42.5 Å². The Balaban J connectivity index is 2.29. The molecule has 1 N–H and O–H groups in total. The summed E-state index contributed by atoms with van der Waals surface area (Å²) < 4.78 is 43.7. The van der Waals surface area contributed by atoms with E-state index in [1.165, 1.54) is 38.3 Å². The number of sulfonamides is 1. The van der Waals surface area contributed by atoms with Crippen molar-refractivity contribution < 1.29 is 22.3 Å². The van der Waals surface area contributed by atoms with Crippen molar-refractivity contribution in [3.8, 4) is 5.75 Å². The molecule has 1 amide bonds. The molecule has 0 heterocycles. The van der Waals surface area contributed by atoms with E-state index in [4.69, 9.17) is 16.3 Å². The summed E-state index contributed by atoms with van der Waals surface area (Å²) in [6.45, 7) is 1.41. The molecule has 0 aliphatic heterocycles. The van der Waals surface area contributed by atoms with Crippen molar-refractivity contribution in [2.45, 2.75) is 13.0 Å². The number of hydrogen-bond donors (Lipinski definition) is 1. The van der Waals surface area contributed by atoms with Gasteiger partial charge in [-0.05, 0) is 43.3 Å². The molecule has 6 nitrogen and oxygen atoms in total. The number of ether oxygens (including phenoxy) is 1. The van der Waals surface area contributed by atoms with Gasteiger partial charge in [0, 0.05) is 5.69 Å². The van der Waals surface area contributed by atoms with Crippen LogP contribution in [0.4, 0.5) is 15.8 Å². The van der Waals surface area contributed by atoms with Crippen LogP contribution < -0.4 is 14.4 Å². The Morgan fingerprint density at radius 3 is 2.50 bits per heavy atom. The van der Waals surface area contributed by atoms with Crippen molar-refractivity contribution >= 4 is 38.9 Å². The summed E-state index contributed by atoms with van der Waals surface area (Å²) >= 11 is 6.02. The van der Waals surface area contributed by atoms with E-state index in [0.717, 1.165) is 16.6 Å².